The summed E-state index contributed by atoms with van der Waals surface area (Å²) in [6.45, 7) is 7.54. The summed E-state index contributed by atoms with van der Waals surface area (Å²) in [5, 5.41) is 3.49. The van der Waals surface area contributed by atoms with E-state index >= 15 is 0 Å². The second kappa shape index (κ2) is 7.02. The summed E-state index contributed by atoms with van der Waals surface area (Å²) in [7, 11) is 2.06. The van der Waals surface area contributed by atoms with Crippen LogP contribution in [-0.2, 0) is 14.2 Å². The molecule has 0 aromatic heterocycles. The van der Waals surface area contributed by atoms with E-state index in [4.69, 9.17) is 14.2 Å². The largest absolute Gasteiger partial charge is 0.378 e. The number of likely N-dealkylation sites (N-methyl/N-ethyl adjacent to an activating group) is 1. The SMILES string of the molecule is CCOC(CC)C(NC)C1CCOC2(CCOC2)C1. The van der Waals surface area contributed by atoms with Crippen molar-refractivity contribution in [3.05, 3.63) is 0 Å². The molecule has 2 aliphatic rings. The lowest BCUT2D eigenvalue weighted by molar-refractivity contribution is -0.112. The lowest BCUT2D eigenvalue weighted by Gasteiger charge is -2.42. The monoisotopic (exact) mass is 271 g/mol. The van der Waals surface area contributed by atoms with Crippen molar-refractivity contribution >= 4 is 0 Å². The van der Waals surface area contributed by atoms with Crippen LogP contribution in [0.5, 0.6) is 0 Å². The molecule has 4 heteroatoms. The molecule has 2 saturated heterocycles. The van der Waals surface area contributed by atoms with Crippen molar-refractivity contribution in [1.29, 1.82) is 0 Å². The van der Waals surface area contributed by atoms with Gasteiger partial charge < -0.3 is 19.5 Å². The maximum Gasteiger partial charge on any atom is 0.0939 e. The van der Waals surface area contributed by atoms with Crippen molar-refractivity contribution in [2.24, 2.45) is 5.92 Å². The molecule has 0 saturated carbocycles. The van der Waals surface area contributed by atoms with Crippen LogP contribution in [0.3, 0.4) is 0 Å². The van der Waals surface area contributed by atoms with Gasteiger partial charge >= 0.3 is 0 Å². The van der Waals surface area contributed by atoms with E-state index in [0.717, 1.165) is 52.1 Å². The molecule has 0 aromatic rings. The second-order valence-corrected chi connectivity index (χ2v) is 5.80. The zero-order chi connectivity index (χ0) is 13.7. The molecule has 4 nitrogen and oxygen atoms in total. The highest BCUT2D eigenvalue weighted by Gasteiger charge is 2.44. The summed E-state index contributed by atoms with van der Waals surface area (Å²) in [6.07, 6.45) is 4.63. The average molecular weight is 271 g/mol. The Morgan fingerprint density at radius 3 is 2.79 bits per heavy atom. The Hall–Kier alpha value is -0.160. The highest BCUT2D eigenvalue weighted by Crippen LogP contribution is 2.38. The quantitative estimate of drug-likeness (QED) is 0.802. The van der Waals surface area contributed by atoms with E-state index in [9.17, 15) is 0 Å². The maximum absolute atomic E-state index is 6.03. The van der Waals surface area contributed by atoms with Crippen LogP contribution < -0.4 is 5.32 Å². The van der Waals surface area contributed by atoms with Gasteiger partial charge in [-0.2, -0.15) is 0 Å². The predicted molar refractivity (Wildman–Crippen MR) is 75.4 cm³/mol. The van der Waals surface area contributed by atoms with E-state index in [0.29, 0.717) is 18.1 Å². The van der Waals surface area contributed by atoms with E-state index in [1.54, 1.807) is 0 Å². The topological polar surface area (TPSA) is 39.7 Å². The molecule has 2 heterocycles. The minimum atomic E-state index is -0.0114. The van der Waals surface area contributed by atoms with E-state index in [-0.39, 0.29) is 5.60 Å². The van der Waals surface area contributed by atoms with Crippen molar-refractivity contribution < 1.29 is 14.2 Å². The highest BCUT2D eigenvalue weighted by atomic mass is 16.6. The first-order chi connectivity index (χ1) is 9.24. The van der Waals surface area contributed by atoms with Crippen LogP contribution in [0.15, 0.2) is 0 Å². The molecule has 0 radical (unpaired) electrons. The first kappa shape index (κ1) is 15.2. The van der Waals surface area contributed by atoms with Gasteiger partial charge in [-0.05, 0) is 39.2 Å². The van der Waals surface area contributed by atoms with Crippen LogP contribution in [-0.4, -0.2) is 51.2 Å². The Bertz CT molecular complexity index is 266. The van der Waals surface area contributed by atoms with Gasteiger partial charge in [0.1, 0.15) is 0 Å². The van der Waals surface area contributed by atoms with E-state index < -0.39 is 0 Å². The first-order valence-electron chi connectivity index (χ1n) is 7.75. The standard InChI is InChI=1S/C15H29NO3/c1-4-13(18-5-2)14(16-3)12-6-8-19-15(10-12)7-9-17-11-15/h12-14,16H,4-11H2,1-3H3. The summed E-state index contributed by atoms with van der Waals surface area (Å²) >= 11 is 0. The normalized spacial score (nSPS) is 34.6. The van der Waals surface area contributed by atoms with Crippen LogP contribution >= 0.6 is 0 Å². The fraction of sp³-hybridized carbons (Fsp3) is 1.00. The molecule has 0 amide bonds. The van der Waals surface area contributed by atoms with Crippen molar-refractivity contribution in [3.8, 4) is 0 Å². The Morgan fingerprint density at radius 1 is 1.37 bits per heavy atom. The second-order valence-electron chi connectivity index (χ2n) is 5.80. The zero-order valence-electron chi connectivity index (χ0n) is 12.6. The van der Waals surface area contributed by atoms with Crippen molar-refractivity contribution in [2.45, 2.75) is 57.3 Å². The molecule has 1 N–H and O–H groups in total. The molecule has 19 heavy (non-hydrogen) atoms. The Morgan fingerprint density at radius 2 is 2.21 bits per heavy atom. The molecule has 4 unspecified atom stereocenters. The summed E-state index contributed by atoms with van der Waals surface area (Å²) in [5.74, 6) is 0.622. The molecule has 0 aromatic carbocycles. The summed E-state index contributed by atoms with van der Waals surface area (Å²) in [4.78, 5) is 0. The van der Waals surface area contributed by atoms with Gasteiger partial charge in [-0.25, -0.2) is 0 Å². The van der Waals surface area contributed by atoms with Gasteiger partial charge in [0.25, 0.3) is 0 Å². The van der Waals surface area contributed by atoms with Gasteiger partial charge in [0, 0.05) is 32.3 Å². The molecule has 112 valence electrons. The molecule has 2 fully saturated rings. The average Bonchev–Trinajstić information content (AvgIpc) is 2.86. The molecule has 4 atom stereocenters. The molecule has 0 bridgehead atoms. The fourth-order valence-electron chi connectivity index (χ4n) is 3.65. The maximum atomic E-state index is 6.03. The van der Waals surface area contributed by atoms with Gasteiger partial charge in [-0.15, -0.1) is 0 Å². The van der Waals surface area contributed by atoms with E-state index in [2.05, 4.69) is 26.2 Å². The first-order valence-corrected chi connectivity index (χ1v) is 7.75. The molecular formula is C15H29NO3. The molecule has 2 aliphatic heterocycles. The minimum Gasteiger partial charge on any atom is -0.378 e. The molecular weight excluding hydrogens is 242 g/mol. The summed E-state index contributed by atoms with van der Waals surface area (Å²) in [5.41, 5.74) is -0.0114. The van der Waals surface area contributed by atoms with Crippen LogP contribution in [0.1, 0.15) is 39.5 Å². The molecule has 2 rings (SSSR count). The third-order valence-electron chi connectivity index (χ3n) is 4.62. The Labute approximate surface area is 117 Å². The van der Waals surface area contributed by atoms with Gasteiger partial charge in [-0.1, -0.05) is 6.92 Å². The lowest BCUT2D eigenvalue weighted by Crippen LogP contribution is -2.51. The number of hydrogen-bond donors (Lipinski definition) is 1. The smallest absolute Gasteiger partial charge is 0.0939 e. The van der Waals surface area contributed by atoms with Crippen molar-refractivity contribution in [2.75, 3.05) is 33.5 Å². The van der Waals surface area contributed by atoms with Crippen LogP contribution in [0.4, 0.5) is 0 Å². The number of ether oxygens (including phenoxy) is 3. The molecule has 0 aliphatic carbocycles. The van der Waals surface area contributed by atoms with Crippen LogP contribution in [0.25, 0.3) is 0 Å². The van der Waals surface area contributed by atoms with Gasteiger partial charge in [-0.3, -0.25) is 0 Å². The fourth-order valence-corrected chi connectivity index (χ4v) is 3.65. The van der Waals surface area contributed by atoms with E-state index in [1.807, 2.05) is 0 Å². The predicted octanol–water partition coefficient (Wildman–Crippen LogP) is 1.98. The highest BCUT2D eigenvalue weighted by molar-refractivity contribution is 4.95. The van der Waals surface area contributed by atoms with E-state index in [1.165, 1.54) is 0 Å². The van der Waals surface area contributed by atoms with Gasteiger partial charge in [0.15, 0.2) is 0 Å². The van der Waals surface area contributed by atoms with Gasteiger partial charge in [0.2, 0.25) is 0 Å². The summed E-state index contributed by atoms with van der Waals surface area (Å²) in [6, 6.07) is 0.423. The third-order valence-corrected chi connectivity index (χ3v) is 4.62. The number of nitrogens with one attached hydrogen (secondary N) is 1. The van der Waals surface area contributed by atoms with Crippen LogP contribution in [0, 0.1) is 5.92 Å². The number of rotatable bonds is 6. The van der Waals surface area contributed by atoms with Crippen molar-refractivity contribution in [3.63, 3.8) is 0 Å². The van der Waals surface area contributed by atoms with Crippen LogP contribution in [0.2, 0.25) is 0 Å². The third kappa shape index (κ3) is 3.48. The van der Waals surface area contributed by atoms with Crippen molar-refractivity contribution in [1.82, 2.24) is 5.32 Å². The zero-order valence-corrected chi connectivity index (χ0v) is 12.6. The Kier molecular flexibility index (Phi) is 5.63. The minimum absolute atomic E-state index is 0.0114. The molecule has 1 spiro atoms. The Balaban J connectivity index is 2.00. The lowest BCUT2D eigenvalue weighted by atomic mass is 9.79. The van der Waals surface area contributed by atoms with Gasteiger partial charge in [0.05, 0.1) is 18.3 Å². The summed E-state index contributed by atoms with van der Waals surface area (Å²) < 4.78 is 17.5. The number of hydrogen-bond acceptors (Lipinski definition) is 4.